The third kappa shape index (κ3) is 3.19. The van der Waals surface area contributed by atoms with Gasteiger partial charge in [0.05, 0.1) is 0 Å². The van der Waals surface area contributed by atoms with Gasteiger partial charge in [0.25, 0.3) is 0 Å². The van der Waals surface area contributed by atoms with E-state index in [2.05, 4.69) is 34.6 Å². The lowest BCUT2D eigenvalue weighted by Gasteiger charge is -2.42. The molecular formula is C16H27NOS. The van der Waals surface area contributed by atoms with Crippen LogP contribution in [0.3, 0.4) is 0 Å². The zero-order valence-corrected chi connectivity index (χ0v) is 13.8. The lowest BCUT2D eigenvalue weighted by Crippen LogP contribution is -2.37. The summed E-state index contributed by atoms with van der Waals surface area (Å²) < 4.78 is 6.19. The normalized spacial score (nSPS) is 21.8. The maximum atomic E-state index is 6.19. The van der Waals surface area contributed by atoms with Crippen LogP contribution in [0, 0.1) is 5.41 Å². The molecule has 0 saturated heterocycles. The Morgan fingerprint density at radius 2 is 1.89 bits per heavy atom. The van der Waals surface area contributed by atoms with E-state index < -0.39 is 0 Å². The largest absolute Gasteiger partial charge is 0.368 e. The molecule has 1 fully saturated rings. The molecule has 0 atom stereocenters. The summed E-state index contributed by atoms with van der Waals surface area (Å²) in [5.74, 6) is 0.560. The Bertz CT molecular complexity index is 412. The quantitative estimate of drug-likeness (QED) is 0.766. The molecule has 19 heavy (non-hydrogen) atoms. The van der Waals surface area contributed by atoms with Crippen molar-refractivity contribution >= 4 is 11.3 Å². The maximum Gasteiger partial charge on any atom is 0.125 e. The number of rotatable bonds is 4. The molecule has 0 aromatic carbocycles. The van der Waals surface area contributed by atoms with Crippen molar-refractivity contribution in [3.05, 3.63) is 16.1 Å². The first-order valence-corrected chi connectivity index (χ1v) is 8.30. The van der Waals surface area contributed by atoms with Crippen LogP contribution in [-0.2, 0) is 10.3 Å². The lowest BCUT2D eigenvalue weighted by atomic mass is 9.71. The summed E-state index contributed by atoms with van der Waals surface area (Å²) in [6.07, 6.45) is 6.72. The van der Waals surface area contributed by atoms with Gasteiger partial charge in [-0.2, -0.15) is 0 Å². The molecule has 0 spiro atoms. The Hall–Kier alpha value is -0.410. The molecule has 1 aliphatic rings. The number of aromatic nitrogens is 1. The van der Waals surface area contributed by atoms with Crippen molar-refractivity contribution in [1.82, 2.24) is 4.98 Å². The van der Waals surface area contributed by atoms with Crippen LogP contribution in [-0.4, -0.2) is 11.6 Å². The van der Waals surface area contributed by atoms with E-state index in [0.717, 1.165) is 19.4 Å². The van der Waals surface area contributed by atoms with Crippen LogP contribution < -0.4 is 0 Å². The van der Waals surface area contributed by atoms with Crippen LogP contribution in [0.5, 0.6) is 0 Å². The fourth-order valence-corrected chi connectivity index (χ4v) is 3.91. The molecule has 0 N–H and O–H groups in total. The first kappa shape index (κ1) is 15.0. The van der Waals surface area contributed by atoms with Gasteiger partial charge in [0.1, 0.15) is 10.6 Å². The highest BCUT2D eigenvalue weighted by Crippen LogP contribution is 2.48. The highest BCUT2D eigenvalue weighted by molar-refractivity contribution is 7.11. The lowest BCUT2D eigenvalue weighted by molar-refractivity contribution is -0.0890. The van der Waals surface area contributed by atoms with E-state index in [9.17, 15) is 0 Å². The minimum Gasteiger partial charge on any atom is -0.368 e. The van der Waals surface area contributed by atoms with E-state index in [1.54, 1.807) is 0 Å². The third-order valence-corrected chi connectivity index (χ3v) is 5.80. The van der Waals surface area contributed by atoms with Gasteiger partial charge in [-0.05, 0) is 43.9 Å². The first-order valence-electron chi connectivity index (χ1n) is 7.49. The van der Waals surface area contributed by atoms with Gasteiger partial charge >= 0.3 is 0 Å². The zero-order chi connectivity index (χ0) is 14.1. The highest BCUT2D eigenvalue weighted by atomic mass is 32.1. The third-order valence-electron chi connectivity index (χ3n) is 4.31. The zero-order valence-electron chi connectivity index (χ0n) is 13.0. The molecule has 1 aliphatic carbocycles. The number of thiazole rings is 1. The number of nitrogens with zero attached hydrogens (tertiary/aromatic N) is 1. The number of hydrogen-bond acceptors (Lipinski definition) is 3. The monoisotopic (exact) mass is 281 g/mol. The molecule has 0 amide bonds. The second kappa shape index (κ2) is 5.53. The Morgan fingerprint density at radius 1 is 1.26 bits per heavy atom. The second-order valence-electron chi connectivity index (χ2n) is 6.81. The standard InChI is InChI=1S/C16H27NOS/c1-6-18-16(9-7-15(4,5)8-10-16)14-17-11-13(19-14)12(2)3/h11-12H,6-10H2,1-5H3. The van der Waals surface area contributed by atoms with Gasteiger partial charge < -0.3 is 4.74 Å². The van der Waals surface area contributed by atoms with Crippen molar-refractivity contribution in [1.29, 1.82) is 0 Å². The Kier molecular flexibility index (Phi) is 4.36. The number of hydrogen-bond donors (Lipinski definition) is 0. The molecule has 0 radical (unpaired) electrons. The van der Waals surface area contributed by atoms with Crippen molar-refractivity contribution < 1.29 is 4.74 Å². The van der Waals surface area contributed by atoms with Crippen LogP contribution in [0.15, 0.2) is 6.20 Å². The molecule has 108 valence electrons. The van der Waals surface area contributed by atoms with Crippen molar-refractivity contribution in [3.8, 4) is 0 Å². The predicted molar refractivity (Wildman–Crippen MR) is 81.8 cm³/mol. The summed E-state index contributed by atoms with van der Waals surface area (Å²) in [5, 5.41) is 1.20. The molecule has 1 saturated carbocycles. The molecule has 2 rings (SSSR count). The summed E-state index contributed by atoms with van der Waals surface area (Å²) in [7, 11) is 0. The smallest absolute Gasteiger partial charge is 0.125 e. The highest BCUT2D eigenvalue weighted by Gasteiger charge is 2.42. The van der Waals surface area contributed by atoms with E-state index in [-0.39, 0.29) is 5.60 Å². The van der Waals surface area contributed by atoms with E-state index in [1.165, 1.54) is 22.7 Å². The molecule has 0 bridgehead atoms. The van der Waals surface area contributed by atoms with Crippen LogP contribution in [0.4, 0.5) is 0 Å². The Balaban J connectivity index is 2.24. The summed E-state index contributed by atoms with van der Waals surface area (Å²) in [5.41, 5.74) is 0.348. The number of ether oxygens (including phenoxy) is 1. The summed E-state index contributed by atoms with van der Waals surface area (Å²) in [6, 6.07) is 0. The minimum atomic E-state index is -0.109. The predicted octanol–water partition coefficient (Wildman–Crippen LogP) is 5.10. The fourth-order valence-electron chi connectivity index (χ4n) is 2.79. The molecule has 3 heteroatoms. The van der Waals surface area contributed by atoms with Gasteiger partial charge in [-0.25, -0.2) is 4.98 Å². The van der Waals surface area contributed by atoms with Crippen molar-refractivity contribution in [2.45, 2.75) is 71.8 Å². The first-order chi connectivity index (χ1) is 8.88. The average molecular weight is 281 g/mol. The van der Waals surface area contributed by atoms with Gasteiger partial charge in [-0.1, -0.05) is 27.7 Å². The van der Waals surface area contributed by atoms with Crippen LogP contribution >= 0.6 is 11.3 Å². The van der Waals surface area contributed by atoms with Crippen molar-refractivity contribution in [2.24, 2.45) is 5.41 Å². The molecule has 2 nitrogen and oxygen atoms in total. The maximum absolute atomic E-state index is 6.19. The summed E-state index contributed by atoms with van der Waals surface area (Å²) in [6.45, 7) is 12.1. The van der Waals surface area contributed by atoms with Crippen molar-refractivity contribution in [2.75, 3.05) is 6.61 Å². The molecule has 1 aromatic rings. The van der Waals surface area contributed by atoms with E-state index >= 15 is 0 Å². The van der Waals surface area contributed by atoms with Gasteiger partial charge in [-0.3, -0.25) is 0 Å². The molecule has 0 aliphatic heterocycles. The van der Waals surface area contributed by atoms with Crippen LogP contribution in [0.25, 0.3) is 0 Å². The van der Waals surface area contributed by atoms with Crippen LogP contribution in [0.1, 0.15) is 76.1 Å². The van der Waals surface area contributed by atoms with Crippen molar-refractivity contribution in [3.63, 3.8) is 0 Å². The van der Waals surface area contributed by atoms with E-state index in [1.807, 2.05) is 17.5 Å². The Morgan fingerprint density at radius 3 is 2.37 bits per heavy atom. The Labute approximate surface area is 121 Å². The molecule has 1 heterocycles. The molecular weight excluding hydrogens is 254 g/mol. The molecule has 0 unspecified atom stereocenters. The van der Waals surface area contributed by atoms with Gasteiger partial charge in [-0.15, -0.1) is 11.3 Å². The molecule has 1 aromatic heterocycles. The fraction of sp³-hybridized carbons (Fsp3) is 0.812. The van der Waals surface area contributed by atoms with E-state index in [4.69, 9.17) is 9.72 Å². The van der Waals surface area contributed by atoms with Gasteiger partial charge in [0.15, 0.2) is 0 Å². The summed E-state index contributed by atoms with van der Waals surface area (Å²) >= 11 is 1.85. The van der Waals surface area contributed by atoms with Gasteiger partial charge in [0, 0.05) is 17.7 Å². The SMILES string of the molecule is CCOC1(c2ncc(C(C)C)s2)CCC(C)(C)CC1. The van der Waals surface area contributed by atoms with E-state index in [0.29, 0.717) is 11.3 Å². The van der Waals surface area contributed by atoms with Crippen LogP contribution in [0.2, 0.25) is 0 Å². The second-order valence-corrected chi connectivity index (χ2v) is 7.88. The topological polar surface area (TPSA) is 22.1 Å². The minimum absolute atomic E-state index is 0.109. The van der Waals surface area contributed by atoms with Gasteiger partial charge in [0.2, 0.25) is 0 Å². The average Bonchev–Trinajstić information content (AvgIpc) is 2.83. The summed E-state index contributed by atoms with van der Waals surface area (Å²) in [4.78, 5) is 6.07.